The van der Waals surface area contributed by atoms with Gasteiger partial charge in [0, 0.05) is 12.5 Å². The lowest BCUT2D eigenvalue weighted by Gasteiger charge is -2.16. The van der Waals surface area contributed by atoms with Gasteiger partial charge in [-0.2, -0.15) is 0 Å². The van der Waals surface area contributed by atoms with Crippen molar-refractivity contribution < 1.29 is 9.59 Å². The van der Waals surface area contributed by atoms with E-state index in [1.54, 1.807) is 6.92 Å². The highest BCUT2D eigenvalue weighted by Crippen LogP contribution is 2.12. The maximum atomic E-state index is 11.8. The Morgan fingerprint density at radius 2 is 1.59 bits per heavy atom. The number of amides is 2. The summed E-state index contributed by atoms with van der Waals surface area (Å²) in [5.41, 5.74) is 0. The van der Waals surface area contributed by atoms with Crippen LogP contribution in [0, 0.1) is 5.92 Å². The Kier molecular flexibility index (Phi) is 6.01. The molecular formula is C13H24N2O2. The van der Waals surface area contributed by atoms with Crippen LogP contribution in [-0.2, 0) is 9.59 Å². The summed E-state index contributed by atoms with van der Waals surface area (Å²) in [7, 11) is 0. The molecule has 0 aliphatic carbocycles. The summed E-state index contributed by atoms with van der Waals surface area (Å²) >= 11 is 0. The van der Waals surface area contributed by atoms with Crippen LogP contribution in [0.15, 0.2) is 0 Å². The number of nitrogens with one attached hydrogen (secondary N) is 2. The Hall–Kier alpha value is -1.06. The summed E-state index contributed by atoms with van der Waals surface area (Å²) in [5.74, 6) is -0.0808. The maximum Gasteiger partial charge on any atom is 0.242 e. The summed E-state index contributed by atoms with van der Waals surface area (Å²) in [6.45, 7) is 4.38. The summed E-state index contributed by atoms with van der Waals surface area (Å²) in [6, 6.07) is -0.425. The highest BCUT2D eigenvalue weighted by Gasteiger charge is 2.19. The summed E-state index contributed by atoms with van der Waals surface area (Å²) in [4.78, 5) is 23.4. The van der Waals surface area contributed by atoms with Crippen molar-refractivity contribution in [2.24, 2.45) is 5.92 Å². The second kappa shape index (κ2) is 7.30. The molecule has 0 bridgehead atoms. The van der Waals surface area contributed by atoms with Gasteiger partial charge in [-0.25, -0.2) is 0 Å². The van der Waals surface area contributed by atoms with E-state index in [4.69, 9.17) is 0 Å². The lowest BCUT2D eigenvalue weighted by atomic mass is 10.0. The molecule has 2 amide bonds. The molecule has 1 rings (SSSR count). The van der Waals surface area contributed by atoms with Crippen LogP contribution >= 0.6 is 0 Å². The molecular weight excluding hydrogens is 216 g/mol. The van der Waals surface area contributed by atoms with Crippen molar-refractivity contribution >= 4 is 11.8 Å². The normalized spacial score (nSPS) is 29.3. The first kappa shape index (κ1) is 14.0. The summed E-state index contributed by atoms with van der Waals surface area (Å²) in [6.07, 6.45) is 6.58. The number of carbonyl (C=O) groups is 2. The number of rotatable bonds is 0. The van der Waals surface area contributed by atoms with E-state index in [1.165, 1.54) is 12.8 Å². The summed E-state index contributed by atoms with van der Waals surface area (Å²) in [5, 5.41) is 5.62. The van der Waals surface area contributed by atoms with Gasteiger partial charge in [0.25, 0.3) is 0 Å². The van der Waals surface area contributed by atoms with Gasteiger partial charge in [0.05, 0.1) is 0 Å². The zero-order valence-corrected chi connectivity index (χ0v) is 10.9. The largest absolute Gasteiger partial charge is 0.354 e. The molecule has 1 heterocycles. The second-order valence-corrected chi connectivity index (χ2v) is 4.98. The number of hydrogen-bond acceptors (Lipinski definition) is 2. The molecule has 0 aromatic carbocycles. The first-order chi connectivity index (χ1) is 8.11. The van der Waals surface area contributed by atoms with Crippen molar-refractivity contribution in [2.45, 2.75) is 58.4 Å². The van der Waals surface area contributed by atoms with Gasteiger partial charge in [-0.1, -0.05) is 32.6 Å². The average Bonchev–Trinajstić information content (AvgIpc) is 2.31. The molecule has 2 atom stereocenters. The Bertz CT molecular complexity index is 266. The number of hydrogen-bond donors (Lipinski definition) is 2. The predicted molar refractivity (Wildman–Crippen MR) is 67.5 cm³/mol. The molecule has 4 nitrogen and oxygen atoms in total. The third-order valence-corrected chi connectivity index (χ3v) is 3.31. The van der Waals surface area contributed by atoms with Crippen LogP contribution in [0.25, 0.3) is 0 Å². The molecule has 1 aliphatic heterocycles. The van der Waals surface area contributed by atoms with E-state index in [-0.39, 0.29) is 17.7 Å². The van der Waals surface area contributed by atoms with E-state index in [2.05, 4.69) is 10.6 Å². The zero-order chi connectivity index (χ0) is 12.7. The molecule has 1 fully saturated rings. The minimum atomic E-state index is -0.425. The fourth-order valence-electron chi connectivity index (χ4n) is 2.02. The van der Waals surface area contributed by atoms with Gasteiger partial charge in [-0.3, -0.25) is 9.59 Å². The summed E-state index contributed by atoms with van der Waals surface area (Å²) < 4.78 is 0. The quantitative estimate of drug-likeness (QED) is 0.675. The fourth-order valence-corrected chi connectivity index (χ4v) is 2.02. The fraction of sp³-hybridized carbons (Fsp3) is 0.846. The number of carbonyl (C=O) groups excluding carboxylic acids is 2. The minimum absolute atomic E-state index is 0.00556. The lowest BCUT2D eigenvalue weighted by Crippen LogP contribution is -2.46. The molecule has 2 N–H and O–H groups in total. The maximum absolute atomic E-state index is 11.8. The van der Waals surface area contributed by atoms with Gasteiger partial charge in [0.2, 0.25) is 11.8 Å². The van der Waals surface area contributed by atoms with Crippen LogP contribution in [-0.4, -0.2) is 24.4 Å². The van der Waals surface area contributed by atoms with Crippen molar-refractivity contribution in [3.05, 3.63) is 0 Å². The van der Waals surface area contributed by atoms with Gasteiger partial charge < -0.3 is 10.6 Å². The molecule has 4 heteroatoms. The Morgan fingerprint density at radius 1 is 0.941 bits per heavy atom. The Labute approximate surface area is 104 Å². The van der Waals surface area contributed by atoms with Crippen LogP contribution in [0.2, 0.25) is 0 Å². The van der Waals surface area contributed by atoms with E-state index in [1.807, 2.05) is 6.92 Å². The van der Waals surface area contributed by atoms with E-state index >= 15 is 0 Å². The van der Waals surface area contributed by atoms with E-state index < -0.39 is 6.04 Å². The molecule has 98 valence electrons. The van der Waals surface area contributed by atoms with Crippen LogP contribution in [0.1, 0.15) is 52.4 Å². The average molecular weight is 240 g/mol. The van der Waals surface area contributed by atoms with Crippen LogP contribution in [0.4, 0.5) is 0 Å². The standard InChI is InChI=1S/C13H24N2O2/c1-10-8-6-4-3-5-7-9-14-13(17)11(2)15-12(10)16/h10-11H,3-9H2,1-2H3,(H,14,17)(H,15,16). The van der Waals surface area contributed by atoms with Gasteiger partial charge in [0.1, 0.15) is 6.04 Å². The second-order valence-electron chi connectivity index (χ2n) is 4.98. The van der Waals surface area contributed by atoms with Crippen molar-refractivity contribution in [1.82, 2.24) is 10.6 Å². The first-order valence-electron chi connectivity index (χ1n) is 6.69. The molecule has 1 aliphatic rings. The van der Waals surface area contributed by atoms with Crippen LogP contribution in [0.5, 0.6) is 0 Å². The molecule has 0 spiro atoms. The molecule has 2 unspecified atom stereocenters. The molecule has 0 radical (unpaired) electrons. The van der Waals surface area contributed by atoms with Crippen molar-refractivity contribution in [2.75, 3.05) is 6.54 Å². The van der Waals surface area contributed by atoms with Gasteiger partial charge in [-0.15, -0.1) is 0 Å². The molecule has 0 aromatic rings. The van der Waals surface area contributed by atoms with Crippen LogP contribution < -0.4 is 10.6 Å². The molecule has 0 aromatic heterocycles. The van der Waals surface area contributed by atoms with E-state index in [0.717, 1.165) is 25.7 Å². The molecule has 0 saturated carbocycles. The lowest BCUT2D eigenvalue weighted by molar-refractivity contribution is -0.130. The Morgan fingerprint density at radius 3 is 2.35 bits per heavy atom. The Balaban J connectivity index is 2.52. The van der Waals surface area contributed by atoms with Crippen molar-refractivity contribution in [3.8, 4) is 0 Å². The van der Waals surface area contributed by atoms with Crippen LogP contribution in [0.3, 0.4) is 0 Å². The highest BCUT2D eigenvalue weighted by atomic mass is 16.2. The van der Waals surface area contributed by atoms with E-state index in [0.29, 0.717) is 6.54 Å². The van der Waals surface area contributed by atoms with Crippen molar-refractivity contribution in [3.63, 3.8) is 0 Å². The van der Waals surface area contributed by atoms with Gasteiger partial charge in [0.15, 0.2) is 0 Å². The smallest absolute Gasteiger partial charge is 0.242 e. The molecule has 17 heavy (non-hydrogen) atoms. The van der Waals surface area contributed by atoms with Crippen molar-refractivity contribution in [1.29, 1.82) is 0 Å². The first-order valence-corrected chi connectivity index (χ1v) is 6.69. The SMILES string of the molecule is CC1CCCCCCCNC(=O)C(C)NC1=O. The highest BCUT2D eigenvalue weighted by molar-refractivity contribution is 5.87. The monoisotopic (exact) mass is 240 g/mol. The molecule has 1 saturated heterocycles. The predicted octanol–water partition coefficient (Wildman–Crippen LogP) is 1.60. The van der Waals surface area contributed by atoms with Gasteiger partial charge >= 0.3 is 0 Å². The van der Waals surface area contributed by atoms with Gasteiger partial charge in [-0.05, 0) is 19.8 Å². The minimum Gasteiger partial charge on any atom is -0.354 e. The topological polar surface area (TPSA) is 58.2 Å². The zero-order valence-electron chi connectivity index (χ0n) is 10.9. The third kappa shape index (κ3) is 5.20. The third-order valence-electron chi connectivity index (χ3n) is 3.31. The van der Waals surface area contributed by atoms with E-state index in [9.17, 15) is 9.59 Å².